The molecule has 2 rings (SSSR count). The van der Waals surface area contributed by atoms with E-state index in [-0.39, 0.29) is 17.4 Å². The number of nitrogens with zero attached hydrogens (tertiary/aromatic N) is 3. The molecule has 0 bridgehead atoms. The van der Waals surface area contributed by atoms with E-state index in [2.05, 4.69) is 5.10 Å². The van der Waals surface area contributed by atoms with Gasteiger partial charge in [-0.2, -0.15) is 18.3 Å². The van der Waals surface area contributed by atoms with Crippen molar-refractivity contribution in [1.29, 1.82) is 0 Å². The lowest BCUT2D eigenvalue weighted by molar-refractivity contribution is -0.141. The van der Waals surface area contributed by atoms with Gasteiger partial charge in [-0.1, -0.05) is 0 Å². The SMILES string of the molecule is Cn1ncc(N)c1C(=O)N(CC(F)(F)F)C1CC1. The molecule has 0 aromatic carbocycles. The maximum absolute atomic E-state index is 12.4. The van der Waals surface area contributed by atoms with E-state index >= 15 is 0 Å². The van der Waals surface area contributed by atoms with Crippen LogP contribution in [0, 0.1) is 0 Å². The number of anilines is 1. The molecule has 1 fully saturated rings. The average Bonchev–Trinajstić information content (AvgIpc) is 3.01. The van der Waals surface area contributed by atoms with E-state index in [1.165, 1.54) is 17.9 Å². The first-order chi connectivity index (χ1) is 8.29. The molecule has 1 saturated carbocycles. The Morgan fingerprint density at radius 1 is 1.61 bits per heavy atom. The lowest BCUT2D eigenvalue weighted by Crippen LogP contribution is -2.41. The minimum atomic E-state index is -4.41. The third-order valence-corrected chi connectivity index (χ3v) is 2.77. The van der Waals surface area contributed by atoms with Gasteiger partial charge in [0.25, 0.3) is 5.91 Å². The van der Waals surface area contributed by atoms with Crippen LogP contribution in [-0.4, -0.2) is 39.4 Å². The second-order valence-electron chi connectivity index (χ2n) is 4.35. The summed E-state index contributed by atoms with van der Waals surface area (Å²) in [6.07, 6.45) is -1.96. The third kappa shape index (κ3) is 2.57. The van der Waals surface area contributed by atoms with E-state index in [1.807, 2.05) is 0 Å². The normalized spacial score (nSPS) is 15.8. The molecule has 1 aromatic heterocycles. The van der Waals surface area contributed by atoms with Crippen LogP contribution in [0.15, 0.2) is 6.20 Å². The summed E-state index contributed by atoms with van der Waals surface area (Å²) in [5.41, 5.74) is 5.65. The Balaban J connectivity index is 2.24. The van der Waals surface area contributed by atoms with E-state index in [9.17, 15) is 18.0 Å². The van der Waals surface area contributed by atoms with Crippen molar-refractivity contribution in [3.8, 4) is 0 Å². The number of nitrogens with two attached hydrogens (primary N) is 1. The van der Waals surface area contributed by atoms with Crippen molar-refractivity contribution in [2.24, 2.45) is 7.05 Å². The standard InChI is InChI=1S/C10H13F3N4O/c1-16-8(7(14)4-15-16)9(18)17(6-2-3-6)5-10(11,12)13/h4,6H,2-3,5,14H2,1H3. The Hall–Kier alpha value is -1.73. The summed E-state index contributed by atoms with van der Waals surface area (Å²) in [5, 5.41) is 3.76. The molecular formula is C10H13F3N4O. The zero-order chi connectivity index (χ0) is 13.5. The highest BCUT2D eigenvalue weighted by atomic mass is 19.4. The number of halogens is 3. The zero-order valence-electron chi connectivity index (χ0n) is 9.74. The summed E-state index contributed by atoms with van der Waals surface area (Å²) in [6.45, 7) is -1.25. The minimum absolute atomic E-state index is 0.00569. The number of alkyl halides is 3. The third-order valence-electron chi connectivity index (χ3n) is 2.77. The molecule has 2 N–H and O–H groups in total. The molecule has 0 radical (unpaired) electrons. The van der Waals surface area contributed by atoms with Gasteiger partial charge in [0.1, 0.15) is 12.2 Å². The van der Waals surface area contributed by atoms with Gasteiger partial charge >= 0.3 is 6.18 Å². The number of rotatable bonds is 3. The van der Waals surface area contributed by atoms with Crippen molar-refractivity contribution in [3.05, 3.63) is 11.9 Å². The molecule has 1 amide bonds. The number of hydrogen-bond donors (Lipinski definition) is 1. The maximum atomic E-state index is 12.4. The van der Waals surface area contributed by atoms with E-state index in [1.54, 1.807) is 0 Å². The first kappa shape index (κ1) is 12.7. The molecule has 0 unspecified atom stereocenters. The highest BCUT2D eigenvalue weighted by molar-refractivity contribution is 5.97. The molecule has 1 aromatic rings. The van der Waals surface area contributed by atoms with Gasteiger partial charge < -0.3 is 10.6 Å². The van der Waals surface area contributed by atoms with Crippen LogP contribution in [0.3, 0.4) is 0 Å². The predicted octanol–water partition coefficient (Wildman–Crippen LogP) is 1.17. The van der Waals surface area contributed by atoms with Gasteiger partial charge in [-0.3, -0.25) is 9.48 Å². The smallest absolute Gasteiger partial charge is 0.396 e. The van der Waals surface area contributed by atoms with Crippen molar-refractivity contribution in [2.75, 3.05) is 12.3 Å². The van der Waals surface area contributed by atoms with Crippen molar-refractivity contribution < 1.29 is 18.0 Å². The lowest BCUT2D eigenvalue weighted by atomic mass is 10.3. The van der Waals surface area contributed by atoms with Crippen LogP contribution < -0.4 is 5.73 Å². The van der Waals surface area contributed by atoms with Crippen LogP contribution >= 0.6 is 0 Å². The molecule has 0 aliphatic heterocycles. The van der Waals surface area contributed by atoms with Gasteiger partial charge in [0.05, 0.1) is 11.9 Å². The van der Waals surface area contributed by atoms with Crippen LogP contribution in [0.4, 0.5) is 18.9 Å². The first-order valence-electron chi connectivity index (χ1n) is 5.45. The number of amides is 1. The second kappa shape index (κ2) is 4.18. The van der Waals surface area contributed by atoms with Crippen molar-refractivity contribution >= 4 is 11.6 Å². The lowest BCUT2D eigenvalue weighted by Gasteiger charge is -2.23. The molecule has 1 heterocycles. The van der Waals surface area contributed by atoms with Crippen LogP contribution in [0.1, 0.15) is 23.3 Å². The zero-order valence-corrected chi connectivity index (χ0v) is 9.74. The van der Waals surface area contributed by atoms with Gasteiger partial charge in [-0.05, 0) is 12.8 Å². The van der Waals surface area contributed by atoms with E-state index in [0.717, 1.165) is 4.90 Å². The van der Waals surface area contributed by atoms with E-state index < -0.39 is 18.6 Å². The quantitative estimate of drug-likeness (QED) is 0.889. The Morgan fingerprint density at radius 3 is 2.61 bits per heavy atom. The molecule has 1 aliphatic rings. The Bertz CT molecular complexity index is 445. The minimum Gasteiger partial charge on any atom is -0.396 e. The van der Waals surface area contributed by atoms with Gasteiger partial charge in [-0.15, -0.1) is 0 Å². The molecule has 0 saturated heterocycles. The molecule has 0 atom stereocenters. The van der Waals surface area contributed by atoms with Crippen molar-refractivity contribution in [1.82, 2.24) is 14.7 Å². The number of hydrogen-bond acceptors (Lipinski definition) is 3. The van der Waals surface area contributed by atoms with E-state index in [4.69, 9.17) is 5.73 Å². The largest absolute Gasteiger partial charge is 0.406 e. The molecular weight excluding hydrogens is 249 g/mol. The van der Waals surface area contributed by atoms with Gasteiger partial charge in [0, 0.05) is 13.1 Å². The summed E-state index contributed by atoms with van der Waals surface area (Å²) in [4.78, 5) is 12.9. The summed E-state index contributed by atoms with van der Waals surface area (Å²) >= 11 is 0. The molecule has 18 heavy (non-hydrogen) atoms. The fraction of sp³-hybridized carbons (Fsp3) is 0.600. The first-order valence-corrected chi connectivity index (χ1v) is 5.45. The summed E-state index contributed by atoms with van der Waals surface area (Å²) in [6, 6.07) is -0.339. The van der Waals surface area contributed by atoms with Crippen LogP contribution in [0.2, 0.25) is 0 Å². The van der Waals surface area contributed by atoms with E-state index in [0.29, 0.717) is 12.8 Å². The predicted molar refractivity (Wildman–Crippen MR) is 57.7 cm³/mol. The molecule has 0 spiro atoms. The average molecular weight is 262 g/mol. The second-order valence-corrected chi connectivity index (χ2v) is 4.35. The number of nitrogen functional groups attached to an aromatic ring is 1. The van der Waals surface area contributed by atoms with Crippen LogP contribution in [-0.2, 0) is 7.05 Å². The number of aromatic nitrogens is 2. The Morgan fingerprint density at radius 2 is 2.22 bits per heavy atom. The molecule has 100 valence electrons. The summed E-state index contributed by atoms with van der Waals surface area (Å²) in [7, 11) is 1.47. The van der Waals surface area contributed by atoms with Gasteiger partial charge in [0.2, 0.25) is 0 Å². The number of aryl methyl sites for hydroxylation is 1. The van der Waals surface area contributed by atoms with Gasteiger partial charge in [-0.25, -0.2) is 0 Å². The highest BCUT2D eigenvalue weighted by Crippen LogP contribution is 2.32. The summed E-state index contributed by atoms with van der Waals surface area (Å²) in [5.74, 6) is -0.715. The van der Waals surface area contributed by atoms with Crippen molar-refractivity contribution in [2.45, 2.75) is 25.1 Å². The number of carbonyl (C=O) groups is 1. The maximum Gasteiger partial charge on any atom is 0.406 e. The number of carbonyl (C=O) groups excluding carboxylic acids is 1. The molecule has 1 aliphatic carbocycles. The molecule has 8 heteroatoms. The van der Waals surface area contributed by atoms with Crippen molar-refractivity contribution in [3.63, 3.8) is 0 Å². The van der Waals surface area contributed by atoms with Crippen LogP contribution in [0.5, 0.6) is 0 Å². The fourth-order valence-electron chi connectivity index (χ4n) is 1.80. The summed E-state index contributed by atoms with van der Waals surface area (Å²) < 4.78 is 38.5. The van der Waals surface area contributed by atoms with Crippen LogP contribution in [0.25, 0.3) is 0 Å². The monoisotopic (exact) mass is 262 g/mol. The fourth-order valence-corrected chi connectivity index (χ4v) is 1.80. The Kier molecular flexibility index (Phi) is 2.95. The van der Waals surface area contributed by atoms with Gasteiger partial charge in [0.15, 0.2) is 0 Å². The highest BCUT2D eigenvalue weighted by Gasteiger charge is 2.41. The topological polar surface area (TPSA) is 64.2 Å². The Labute approximate surface area is 101 Å². The molecule has 5 nitrogen and oxygen atoms in total.